The standard InChI is InChI=1S/C22H21N5OS/c1-14(2)15-4-7-19(8-5-15)26-12-16-3-6-18(11-17(16)13-26)24-21-25-27-20(28)9-10-23-22(27)29-21/h3-11,14H,12-13H2,1-2H3,(H,24,25). The van der Waals surface area contributed by atoms with Crippen molar-refractivity contribution in [2.75, 3.05) is 10.2 Å². The van der Waals surface area contributed by atoms with Gasteiger partial charge in [0.1, 0.15) is 0 Å². The molecule has 0 aliphatic carbocycles. The van der Waals surface area contributed by atoms with Crippen LogP contribution in [0.25, 0.3) is 4.96 Å². The van der Waals surface area contributed by atoms with Gasteiger partial charge in [-0.3, -0.25) is 4.79 Å². The monoisotopic (exact) mass is 403 g/mol. The Morgan fingerprint density at radius 1 is 1.03 bits per heavy atom. The molecule has 29 heavy (non-hydrogen) atoms. The fourth-order valence-electron chi connectivity index (χ4n) is 3.64. The number of aromatic nitrogens is 3. The third-order valence-electron chi connectivity index (χ3n) is 5.28. The largest absolute Gasteiger partial charge is 0.363 e. The summed E-state index contributed by atoms with van der Waals surface area (Å²) in [4.78, 5) is 19.0. The van der Waals surface area contributed by atoms with E-state index >= 15 is 0 Å². The maximum atomic E-state index is 11.9. The number of fused-ring (bicyclic) bond motifs is 2. The molecule has 5 rings (SSSR count). The predicted octanol–water partition coefficient (Wildman–Crippen LogP) is 4.54. The van der Waals surface area contributed by atoms with Crippen molar-refractivity contribution in [1.82, 2.24) is 14.6 Å². The van der Waals surface area contributed by atoms with E-state index in [1.54, 1.807) is 0 Å². The average Bonchev–Trinajstić information content (AvgIpc) is 3.32. The number of hydrogen-bond acceptors (Lipinski definition) is 6. The molecule has 0 fully saturated rings. The molecule has 0 atom stereocenters. The zero-order chi connectivity index (χ0) is 20.0. The van der Waals surface area contributed by atoms with Crippen molar-refractivity contribution in [2.45, 2.75) is 32.9 Å². The molecular weight excluding hydrogens is 382 g/mol. The highest BCUT2D eigenvalue weighted by Gasteiger charge is 2.20. The van der Waals surface area contributed by atoms with E-state index in [2.05, 4.69) is 76.6 Å². The first-order chi connectivity index (χ1) is 14.1. The van der Waals surface area contributed by atoms with Crippen molar-refractivity contribution in [3.63, 3.8) is 0 Å². The highest BCUT2D eigenvalue weighted by molar-refractivity contribution is 7.20. The maximum absolute atomic E-state index is 11.9. The molecule has 2 aromatic carbocycles. The Morgan fingerprint density at radius 3 is 2.59 bits per heavy atom. The van der Waals surface area contributed by atoms with Crippen molar-refractivity contribution in [3.05, 3.63) is 81.8 Å². The van der Waals surface area contributed by atoms with Crippen LogP contribution in [-0.4, -0.2) is 14.6 Å². The fraction of sp³-hybridized carbons (Fsp3) is 0.227. The first-order valence-electron chi connectivity index (χ1n) is 9.65. The van der Waals surface area contributed by atoms with Gasteiger partial charge < -0.3 is 10.2 Å². The summed E-state index contributed by atoms with van der Waals surface area (Å²) in [6.45, 7) is 6.23. The third-order valence-corrected chi connectivity index (χ3v) is 6.11. The average molecular weight is 404 g/mol. The molecule has 4 aromatic rings. The molecule has 146 valence electrons. The normalized spacial score (nSPS) is 13.3. The summed E-state index contributed by atoms with van der Waals surface area (Å²) in [5.41, 5.74) is 6.04. The van der Waals surface area contributed by atoms with Gasteiger partial charge in [-0.15, -0.1) is 5.10 Å². The molecule has 7 heteroatoms. The molecule has 0 amide bonds. The second kappa shape index (κ2) is 7.00. The van der Waals surface area contributed by atoms with Crippen LogP contribution in [0.4, 0.5) is 16.5 Å². The van der Waals surface area contributed by atoms with E-state index in [9.17, 15) is 4.79 Å². The highest BCUT2D eigenvalue weighted by Crippen LogP contribution is 2.32. The molecule has 1 aliphatic heterocycles. The number of rotatable bonds is 4. The molecule has 2 aromatic heterocycles. The van der Waals surface area contributed by atoms with Gasteiger partial charge in [-0.2, -0.15) is 4.52 Å². The topological polar surface area (TPSA) is 62.5 Å². The number of anilines is 3. The third kappa shape index (κ3) is 3.38. The molecule has 3 heterocycles. The summed E-state index contributed by atoms with van der Waals surface area (Å²) in [6.07, 6.45) is 1.51. The van der Waals surface area contributed by atoms with E-state index in [0.29, 0.717) is 16.0 Å². The number of nitrogens with zero attached hydrogens (tertiary/aromatic N) is 4. The van der Waals surface area contributed by atoms with Crippen LogP contribution >= 0.6 is 11.3 Å². The van der Waals surface area contributed by atoms with Crippen LogP contribution in [0.15, 0.2) is 59.5 Å². The lowest BCUT2D eigenvalue weighted by molar-refractivity contribution is 0.856. The van der Waals surface area contributed by atoms with Gasteiger partial charge in [-0.1, -0.05) is 43.4 Å². The number of nitrogens with one attached hydrogen (secondary N) is 1. The lowest BCUT2D eigenvalue weighted by Crippen LogP contribution is -2.14. The van der Waals surface area contributed by atoms with E-state index in [-0.39, 0.29) is 5.56 Å². The highest BCUT2D eigenvalue weighted by atomic mass is 32.1. The van der Waals surface area contributed by atoms with E-state index in [1.807, 2.05) is 0 Å². The van der Waals surface area contributed by atoms with Gasteiger partial charge >= 0.3 is 0 Å². The Bertz CT molecular complexity index is 1240. The second-order valence-corrected chi connectivity index (χ2v) is 8.55. The minimum atomic E-state index is -0.174. The Hall–Kier alpha value is -3.19. The molecule has 0 saturated heterocycles. The summed E-state index contributed by atoms with van der Waals surface area (Å²) in [6, 6.07) is 16.7. The Morgan fingerprint density at radius 2 is 1.83 bits per heavy atom. The number of benzene rings is 2. The van der Waals surface area contributed by atoms with Gasteiger partial charge in [0.2, 0.25) is 10.1 Å². The molecule has 0 saturated carbocycles. The quantitative estimate of drug-likeness (QED) is 0.542. The van der Waals surface area contributed by atoms with E-state index in [0.717, 1.165) is 18.8 Å². The summed E-state index contributed by atoms with van der Waals surface area (Å²) in [5, 5.41) is 8.29. The molecular formula is C22H21N5OS. The summed E-state index contributed by atoms with van der Waals surface area (Å²) >= 11 is 1.36. The lowest BCUT2D eigenvalue weighted by atomic mass is 10.0. The second-order valence-electron chi connectivity index (χ2n) is 7.60. The zero-order valence-corrected chi connectivity index (χ0v) is 17.1. The summed E-state index contributed by atoms with van der Waals surface area (Å²) in [7, 11) is 0. The molecule has 0 spiro atoms. The van der Waals surface area contributed by atoms with Crippen molar-refractivity contribution in [1.29, 1.82) is 0 Å². The van der Waals surface area contributed by atoms with Crippen LogP contribution in [0, 0.1) is 0 Å². The zero-order valence-electron chi connectivity index (χ0n) is 16.3. The summed E-state index contributed by atoms with van der Waals surface area (Å²) in [5.74, 6) is 0.544. The van der Waals surface area contributed by atoms with Gasteiger partial charge in [0.15, 0.2) is 0 Å². The van der Waals surface area contributed by atoms with Crippen molar-refractivity contribution in [2.24, 2.45) is 0 Å². The van der Waals surface area contributed by atoms with Gasteiger partial charge in [0.25, 0.3) is 5.56 Å². The summed E-state index contributed by atoms with van der Waals surface area (Å²) < 4.78 is 1.32. The molecule has 0 radical (unpaired) electrons. The van der Waals surface area contributed by atoms with Crippen molar-refractivity contribution < 1.29 is 0 Å². The van der Waals surface area contributed by atoms with E-state index in [4.69, 9.17) is 0 Å². The van der Waals surface area contributed by atoms with Crippen molar-refractivity contribution in [3.8, 4) is 0 Å². The van der Waals surface area contributed by atoms with Crippen LogP contribution in [0.3, 0.4) is 0 Å². The molecule has 1 aliphatic rings. The van der Waals surface area contributed by atoms with Gasteiger partial charge in [0.05, 0.1) is 0 Å². The van der Waals surface area contributed by atoms with Crippen molar-refractivity contribution >= 4 is 32.8 Å². The fourth-order valence-corrected chi connectivity index (χ4v) is 4.44. The van der Waals surface area contributed by atoms with Gasteiger partial charge in [-0.25, -0.2) is 4.98 Å². The van der Waals surface area contributed by atoms with Gasteiger partial charge in [0, 0.05) is 36.7 Å². The first kappa shape index (κ1) is 17.9. The smallest absolute Gasteiger partial charge is 0.275 e. The van der Waals surface area contributed by atoms with Crippen LogP contribution in [0.1, 0.15) is 36.5 Å². The lowest BCUT2D eigenvalue weighted by Gasteiger charge is -2.18. The molecule has 1 N–H and O–H groups in total. The first-order valence-corrected chi connectivity index (χ1v) is 10.5. The van der Waals surface area contributed by atoms with E-state index in [1.165, 1.54) is 50.5 Å². The minimum Gasteiger partial charge on any atom is -0.363 e. The Balaban J connectivity index is 1.35. The van der Waals surface area contributed by atoms with E-state index < -0.39 is 0 Å². The number of hydrogen-bond donors (Lipinski definition) is 1. The molecule has 0 bridgehead atoms. The van der Waals surface area contributed by atoms with Crippen LogP contribution in [0.2, 0.25) is 0 Å². The van der Waals surface area contributed by atoms with Crippen LogP contribution < -0.4 is 15.8 Å². The van der Waals surface area contributed by atoms with Crippen LogP contribution in [-0.2, 0) is 13.1 Å². The SMILES string of the molecule is CC(C)c1ccc(N2Cc3ccc(Nc4nn5c(=O)ccnc5s4)cc3C2)cc1. The molecule has 0 unspecified atom stereocenters. The predicted molar refractivity (Wildman–Crippen MR) is 117 cm³/mol. The maximum Gasteiger partial charge on any atom is 0.275 e. The minimum absolute atomic E-state index is 0.174. The molecule has 6 nitrogen and oxygen atoms in total. The Labute approximate surface area is 172 Å². The van der Waals surface area contributed by atoms with Crippen LogP contribution in [0.5, 0.6) is 0 Å². The Kier molecular flexibility index (Phi) is 4.32. The van der Waals surface area contributed by atoms with Gasteiger partial charge in [-0.05, 0) is 46.9 Å².